The number of carbonyl (C=O) groups excluding carboxylic acids is 1. The monoisotopic (exact) mass is 318 g/mol. The number of alkyl halides is 4. The molecule has 0 aliphatic rings. The largest absolute Gasteiger partial charge is 0.419 e. The van der Waals surface area contributed by atoms with Crippen molar-refractivity contribution in [3.8, 4) is 0 Å². The molecule has 0 fully saturated rings. The Kier molecular flexibility index (Phi) is 3.96. The molecule has 0 unspecified atom stereocenters. The van der Waals surface area contributed by atoms with Crippen molar-refractivity contribution in [3.63, 3.8) is 0 Å². The Morgan fingerprint density at radius 2 is 1.94 bits per heavy atom. The summed E-state index contributed by atoms with van der Waals surface area (Å²) in [5, 5.41) is 0. The molecule has 0 N–H and O–H groups in total. The van der Waals surface area contributed by atoms with Crippen LogP contribution in [0.1, 0.15) is 15.9 Å². The van der Waals surface area contributed by atoms with Crippen LogP contribution in [-0.2, 0) is 6.18 Å². The second-order valence-corrected chi connectivity index (χ2v) is 4.00. The molecule has 7 heteroatoms. The van der Waals surface area contributed by atoms with E-state index in [2.05, 4.69) is 15.9 Å². The first kappa shape index (κ1) is 13.4. The summed E-state index contributed by atoms with van der Waals surface area (Å²) >= 11 is 7.82. The minimum atomic E-state index is -4.85. The molecule has 88 valence electrons. The van der Waals surface area contributed by atoms with Gasteiger partial charge in [0.25, 0.3) is 0 Å². The molecule has 1 rings (SSSR count). The van der Waals surface area contributed by atoms with E-state index in [0.717, 1.165) is 6.07 Å². The number of hydrogen-bond acceptors (Lipinski definition) is 1. The highest BCUT2D eigenvalue weighted by Gasteiger charge is 2.35. The quantitative estimate of drug-likeness (QED) is 0.457. The van der Waals surface area contributed by atoms with Gasteiger partial charge in [-0.2, -0.15) is 13.2 Å². The first-order chi connectivity index (χ1) is 7.27. The Labute approximate surface area is 102 Å². The number of Topliss-reactive ketones (excluding diaryl/α,β-unsaturated/α-hetero) is 1. The maximum Gasteiger partial charge on any atom is 0.419 e. The summed E-state index contributed by atoms with van der Waals surface area (Å²) in [5.41, 5.74) is -1.77. The van der Waals surface area contributed by atoms with E-state index in [0.29, 0.717) is 6.07 Å². The topological polar surface area (TPSA) is 17.1 Å². The standard InChI is InChI=1S/C9H4BrClF4O/c10-6-2-4(7(16)3-11)1-5(8(6)12)9(13,14)15/h1-2H,3H2. The zero-order chi connectivity index (χ0) is 12.5. The Bertz CT molecular complexity index is 430. The van der Waals surface area contributed by atoms with E-state index in [-0.39, 0.29) is 5.56 Å². The molecule has 1 nitrogen and oxygen atoms in total. The number of ketones is 1. The van der Waals surface area contributed by atoms with Gasteiger partial charge >= 0.3 is 6.18 Å². The molecule has 0 heterocycles. The summed E-state index contributed by atoms with van der Waals surface area (Å²) in [6.45, 7) is 0. The van der Waals surface area contributed by atoms with Gasteiger partial charge in [0.15, 0.2) is 5.78 Å². The SMILES string of the molecule is O=C(CCl)c1cc(Br)c(F)c(C(F)(F)F)c1. The van der Waals surface area contributed by atoms with Gasteiger partial charge in [0.05, 0.1) is 15.9 Å². The Morgan fingerprint density at radius 1 is 1.38 bits per heavy atom. The average Bonchev–Trinajstić information content (AvgIpc) is 2.18. The van der Waals surface area contributed by atoms with E-state index in [9.17, 15) is 22.4 Å². The number of benzene rings is 1. The van der Waals surface area contributed by atoms with Gasteiger partial charge in [-0.15, -0.1) is 11.6 Å². The van der Waals surface area contributed by atoms with Crippen LogP contribution in [0.3, 0.4) is 0 Å². The van der Waals surface area contributed by atoms with Crippen LogP contribution in [0.25, 0.3) is 0 Å². The predicted octanol–water partition coefficient (Wildman–Crippen LogP) is 4.03. The highest BCUT2D eigenvalue weighted by Crippen LogP contribution is 2.35. The van der Waals surface area contributed by atoms with Crippen LogP contribution in [0.5, 0.6) is 0 Å². The highest BCUT2D eigenvalue weighted by atomic mass is 79.9. The second-order valence-electron chi connectivity index (χ2n) is 2.87. The van der Waals surface area contributed by atoms with E-state index in [1.165, 1.54) is 0 Å². The highest BCUT2D eigenvalue weighted by molar-refractivity contribution is 9.10. The molecule has 0 bridgehead atoms. The van der Waals surface area contributed by atoms with E-state index >= 15 is 0 Å². The molecule has 0 aromatic heterocycles. The summed E-state index contributed by atoms with van der Waals surface area (Å²) < 4.78 is 49.8. The van der Waals surface area contributed by atoms with Crippen LogP contribution < -0.4 is 0 Å². The van der Waals surface area contributed by atoms with Crippen LogP contribution in [-0.4, -0.2) is 11.7 Å². The fourth-order valence-corrected chi connectivity index (χ4v) is 1.65. The fraction of sp³-hybridized carbons (Fsp3) is 0.222. The van der Waals surface area contributed by atoms with Gasteiger partial charge in [-0.3, -0.25) is 4.79 Å². The van der Waals surface area contributed by atoms with Crippen LogP contribution in [0.15, 0.2) is 16.6 Å². The van der Waals surface area contributed by atoms with Gasteiger partial charge in [0, 0.05) is 5.56 Å². The van der Waals surface area contributed by atoms with Gasteiger partial charge < -0.3 is 0 Å². The molecule has 1 aromatic rings. The Balaban J connectivity index is 3.39. The third-order valence-electron chi connectivity index (χ3n) is 1.78. The molecule has 0 saturated carbocycles. The van der Waals surface area contributed by atoms with E-state index < -0.39 is 33.7 Å². The van der Waals surface area contributed by atoms with Gasteiger partial charge in [-0.05, 0) is 28.1 Å². The molecule has 0 aliphatic carbocycles. The number of rotatable bonds is 2. The zero-order valence-corrected chi connectivity index (χ0v) is 9.88. The molecule has 1 aromatic carbocycles. The van der Waals surface area contributed by atoms with Crippen LogP contribution in [0.4, 0.5) is 17.6 Å². The van der Waals surface area contributed by atoms with Crippen molar-refractivity contribution in [2.24, 2.45) is 0 Å². The molecular formula is C9H4BrClF4O. The molecule has 0 spiro atoms. The molecule has 0 amide bonds. The first-order valence-corrected chi connectivity index (χ1v) is 5.25. The van der Waals surface area contributed by atoms with E-state index in [1.807, 2.05) is 0 Å². The molecule has 16 heavy (non-hydrogen) atoms. The third-order valence-corrected chi connectivity index (χ3v) is 2.60. The van der Waals surface area contributed by atoms with Gasteiger partial charge in [0.2, 0.25) is 0 Å². The van der Waals surface area contributed by atoms with E-state index in [4.69, 9.17) is 11.6 Å². The normalized spacial score (nSPS) is 11.6. The minimum absolute atomic E-state index is 0.282. The van der Waals surface area contributed by atoms with Crippen molar-refractivity contribution in [2.45, 2.75) is 6.18 Å². The van der Waals surface area contributed by atoms with Gasteiger partial charge in [-0.1, -0.05) is 0 Å². The lowest BCUT2D eigenvalue weighted by atomic mass is 10.1. The van der Waals surface area contributed by atoms with Crippen molar-refractivity contribution in [2.75, 3.05) is 5.88 Å². The Morgan fingerprint density at radius 3 is 2.38 bits per heavy atom. The lowest BCUT2D eigenvalue weighted by molar-refractivity contribution is -0.140. The predicted molar refractivity (Wildman–Crippen MR) is 54.2 cm³/mol. The fourth-order valence-electron chi connectivity index (χ4n) is 1.03. The van der Waals surface area contributed by atoms with E-state index in [1.54, 1.807) is 0 Å². The van der Waals surface area contributed by atoms with Crippen molar-refractivity contribution >= 4 is 33.3 Å². The van der Waals surface area contributed by atoms with Crippen molar-refractivity contribution in [1.82, 2.24) is 0 Å². The van der Waals surface area contributed by atoms with Crippen molar-refractivity contribution in [1.29, 1.82) is 0 Å². The number of carbonyl (C=O) groups is 1. The second kappa shape index (κ2) is 4.71. The molecular weight excluding hydrogens is 315 g/mol. The summed E-state index contributed by atoms with van der Waals surface area (Å²) in [4.78, 5) is 11.1. The Hall–Kier alpha value is -0.620. The van der Waals surface area contributed by atoms with Crippen molar-refractivity contribution < 1.29 is 22.4 Å². The number of hydrogen-bond donors (Lipinski definition) is 0. The smallest absolute Gasteiger partial charge is 0.293 e. The first-order valence-electron chi connectivity index (χ1n) is 3.92. The molecule has 0 aliphatic heterocycles. The van der Waals surface area contributed by atoms with Gasteiger partial charge in [0.1, 0.15) is 5.82 Å². The maximum absolute atomic E-state index is 13.1. The summed E-state index contributed by atoms with van der Waals surface area (Å²) in [6, 6.07) is 1.42. The molecule has 0 atom stereocenters. The summed E-state index contributed by atoms with van der Waals surface area (Å²) in [7, 11) is 0. The average molecular weight is 319 g/mol. The number of halogens is 6. The van der Waals surface area contributed by atoms with Crippen LogP contribution in [0, 0.1) is 5.82 Å². The third kappa shape index (κ3) is 2.74. The van der Waals surface area contributed by atoms with Gasteiger partial charge in [-0.25, -0.2) is 4.39 Å². The lowest BCUT2D eigenvalue weighted by Gasteiger charge is -2.10. The maximum atomic E-state index is 13.1. The molecule has 0 saturated heterocycles. The van der Waals surface area contributed by atoms with Crippen molar-refractivity contribution in [3.05, 3.63) is 33.5 Å². The van der Waals surface area contributed by atoms with Crippen LogP contribution in [0.2, 0.25) is 0 Å². The minimum Gasteiger partial charge on any atom is -0.293 e. The summed E-state index contributed by atoms with van der Waals surface area (Å²) in [5.74, 6) is -2.61. The van der Waals surface area contributed by atoms with Crippen LogP contribution >= 0.6 is 27.5 Å². The molecule has 0 radical (unpaired) electrons. The summed E-state index contributed by atoms with van der Waals surface area (Å²) in [6.07, 6.45) is -4.85. The zero-order valence-electron chi connectivity index (χ0n) is 7.54. The lowest BCUT2D eigenvalue weighted by Crippen LogP contribution is -2.11.